The molecule has 8 nitrogen and oxygen atoms in total. The molecule has 1 rings (SSSR count). The van der Waals surface area contributed by atoms with Crippen LogP contribution >= 0.6 is 0 Å². The van der Waals surface area contributed by atoms with Gasteiger partial charge in [0.25, 0.3) is 5.95 Å². The van der Waals surface area contributed by atoms with Gasteiger partial charge in [-0.1, -0.05) is 0 Å². The Morgan fingerprint density at radius 3 is 2.82 bits per heavy atom. The lowest BCUT2D eigenvalue weighted by molar-refractivity contribution is -0.139. The standard InChI is InChI=1S/C9H9N5O3/c1-2-3-6(7(15)16)12-9(17)13-8-10-4-5-11-14-8/h1,4-6H,3H2,(H,15,16)(H2,10,12,13,14,17). The normalized spacial score (nSPS) is 11.0. The molecule has 0 radical (unpaired) electrons. The third-order valence-corrected chi connectivity index (χ3v) is 1.63. The number of anilines is 1. The van der Waals surface area contributed by atoms with Gasteiger partial charge in [0.05, 0.1) is 12.4 Å². The fourth-order valence-corrected chi connectivity index (χ4v) is 0.919. The number of carbonyl (C=O) groups is 2. The van der Waals surface area contributed by atoms with Crippen molar-refractivity contribution in [3.05, 3.63) is 12.4 Å². The van der Waals surface area contributed by atoms with Crippen LogP contribution in [-0.2, 0) is 4.79 Å². The summed E-state index contributed by atoms with van der Waals surface area (Å²) < 4.78 is 0. The second kappa shape index (κ2) is 6.02. The highest BCUT2D eigenvalue weighted by molar-refractivity contribution is 5.90. The molecule has 0 aromatic carbocycles. The molecule has 0 aliphatic carbocycles. The van der Waals surface area contributed by atoms with Crippen LogP contribution in [0.3, 0.4) is 0 Å². The van der Waals surface area contributed by atoms with E-state index in [2.05, 4.69) is 31.7 Å². The number of terminal acetylenes is 1. The lowest BCUT2D eigenvalue weighted by Gasteiger charge is -2.11. The highest BCUT2D eigenvalue weighted by Crippen LogP contribution is 1.94. The molecule has 0 aliphatic rings. The highest BCUT2D eigenvalue weighted by atomic mass is 16.4. The van der Waals surface area contributed by atoms with Crippen molar-refractivity contribution in [2.24, 2.45) is 0 Å². The number of aliphatic carboxylic acids is 1. The first-order chi connectivity index (χ1) is 8.13. The molecule has 0 spiro atoms. The number of nitrogens with zero attached hydrogens (tertiary/aromatic N) is 3. The van der Waals surface area contributed by atoms with E-state index in [1.807, 2.05) is 0 Å². The Bertz CT molecular complexity index is 442. The maximum absolute atomic E-state index is 11.3. The summed E-state index contributed by atoms with van der Waals surface area (Å²) >= 11 is 0. The Hall–Kier alpha value is -2.69. The van der Waals surface area contributed by atoms with E-state index in [-0.39, 0.29) is 12.4 Å². The van der Waals surface area contributed by atoms with Gasteiger partial charge in [0, 0.05) is 6.42 Å². The molecule has 3 N–H and O–H groups in total. The Kier molecular flexibility index (Phi) is 4.38. The molecule has 1 heterocycles. The van der Waals surface area contributed by atoms with Gasteiger partial charge < -0.3 is 10.4 Å². The summed E-state index contributed by atoms with van der Waals surface area (Å²) in [7, 11) is 0. The van der Waals surface area contributed by atoms with E-state index in [1.54, 1.807) is 0 Å². The van der Waals surface area contributed by atoms with Crippen molar-refractivity contribution in [1.29, 1.82) is 0 Å². The molecule has 8 heteroatoms. The summed E-state index contributed by atoms with van der Waals surface area (Å²) in [6, 6.07) is -1.92. The predicted molar refractivity (Wildman–Crippen MR) is 56.9 cm³/mol. The average Bonchev–Trinajstić information content (AvgIpc) is 2.29. The molecule has 0 fully saturated rings. The molecular formula is C9H9N5O3. The second-order valence-corrected chi connectivity index (χ2v) is 2.86. The van der Waals surface area contributed by atoms with Crippen molar-refractivity contribution in [2.75, 3.05) is 5.32 Å². The molecular weight excluding hydrogens is 226 g/mol. The average molecular weight is 235 g/mol. The highest BCUT2D eigenvalue weighted by Gasteiger charge is 2.18. The number of carboxylic acids is 1. The third-order valence-electron chi connectivity index (χ3n) is 1.63. The Labute approximate surface area is 96.5 Å². The van der Waals surface area contributed by atoms with Crippen molar-refractivity contribution in [3.8, 4) is 12.3 Å². The van der Waals surface area contributed by atoms with E-state index in [9.17, 15) is 9.59 Å². The number of carboxylic acid groups (broad SMARTS) is 1. The van der Waals surface area contributed by atoms with Crippen LogP contribution in [0.15, 0.2) is 12.4 Å². The van der Waals surface area contributed by atoms with Crippen molar-refractivity contribution in [2.45, 2.75) is 12.5 Å². The molecule has 1 aromatic rings. The number of carbonyl (C=O) groups excluding carboxylic acids is 1. The van der Waals surface area contributed by atoms with Gasteiger partial charge in [-0.05, 0) is 0 Å². The molecule has 1 unspecified atom stereocenters. The predicted octanol–water partition coefficient (Wildman–Crippen LogP) is -0.530. The van der Waals surface area contributed by atoms with Crippen LogP contribution < -0.4 is 10.6 Å². The topological polar surface area (TPSA) is 117 Å². The number of urea groups is 1. The SMILES string of the molecule is C#CCC(NC(=O)Nc1nccnn1)C(=O)O. The molecule has 0 bridgehead atoms. The van der Waals surface area contributed by atoms with E-state index in [0.29, 0.717) is 0 Å². The van der Waals surface area contributed by atoms with Gasteiger partial charge in [-0.15, -0.1) is 17.4 Å². The fourth-order valence-electron chi connectivity index (χ4n) is 0.919. The number of hydrogen-bond acceptors (Lipinski definition) is 5. The van der Waals surface area contributed by atoms with Crippen LogP contribution in [0.4, 0.5) is 10.7 Å². The lowest BCUT2D eigenvalue weighted by Crippen LogP contribution is -2.43. The van der Waals surface area contributed by atoms with Crippen molar-refractivity contribution in [1.82, 2.24) is 20.5 Å². The van der Waals surface area contributed by atoms with Crippen molar-refractivity contribution < 1.29 is 14.7 Å². The van der Waals surface area contributed by atoms with E-state index >= 15 is 0 Å². The molecule has 0 saturated carbocycles. The largest absolute Gasteiger partial charge is 0.480 e. The molecule has 0 saturated heterocycles. The Morgan fingerprint density at radius 2 is 2.29 bits per heavy atom. The Morgan fingerprint density at radius 1 is 1.53 bits per heavy atom. The van der Waals surface area contributed by atoms with Crippen LogP contribution in [0.1, 0.15) is 6.42 Å². The summed E-state index contributed by atoms with van der Waals surface area (Å²) in [5.74, 6) is 0.901. The van der Waals surface area contributed by atoms with Crippen LogP contribution in [0.2, 0.25) is 0 Å². The number of hydrogen-bond donors (Lipinski definition) is 3. The molecule has 88 valence electrons. The van der Waals surface area contributed by atoms with Crippen molar-refractivity contribution >= 4 is 17.9 Å². The van der Waals surface area contributed by atoms with Gasteiger partial charge in [-0.2, -0.15) is 5.10 Å². The zero-order valence-corrected chi connectivity index (χ0v) is 8.62. The van der Waals surface area contributed by atoms with Gasteiger partial charge >= 0.3 is 12.0 Å². The van der Waals surface area contributed by atoms with Crippen LogP contribution in [-0.4, -0.2) is 38.3 Å². The van der Waals surface area contributed by atoms with E-state index in [4.69, 9.17) is 11.5 Å². The summed E-state index contributed by atoms with van der Waals surface area (Å²) in [5, 5.41) is 20.1. The first-order valence-corrected chi connectivity index (χ1v) is 4.51. The summed E-state index contributed by atoms with van der Waals surface area (Å²) in [5.41, 5.74) is 0. The molecule has 1 atom stereocenters. The maximum Gasteiger partial charge on any atom is 0.327 e. The first kappa shape index (κ1) is 12.4. The molecule has 0 aliphatic heterocycles. The number of aromatic nitrogens is 3. The Balaban J connectivity index is 2.54. The first-order valence-electron chi connectivity index (χ1n) is 4.51. The smallest absolute Gasteiger partial charge is 0.327 e. The van der Waals surface area contributed by atoms with E-state index in [0.717, 1.165) is 0 Å². The van der Waals surface area contributed by atoms with Crippen LogP contribution in [0, 0.1) is 12.3 Å². The van der Waals surface area contributed by atoms with Crippen LogP contribution in [0.5, 0.6) is 0 Å². The summed E-state index contributed by atoms with van der Waals surface area (Å²) in [4.78, 5) is 25.7. The second-order valence-electron chi connectivity index (χ2n) is 2.86. The fraction of sp³-hybridized carbons (Fsp3) is 0.222. The zero-order chi connectivity index (χ0) is 12.7. The van der Waals surface area contributed by atoms with Crippen molar-refractivity contribution in [3.63, 3.8) is 0 Å². The van der Waals surface area contributed by atoms with Gasteiger partial charge in [0.15, 0.2) is 0 Å². The lowest BCUT2D eigenvalue weighted by atomic mass is 10.2. The van der Waals surface area contributed by atoms with Gasteiger partial charge in [0.2, 0.25) is 0 Å². The zero-order valence-electron chi connectivity index (χ0n) is 8.62. The minimum atomic E-state index is -1.22. The van der Waals surface area contributed by atoms with Gasteiger partial charge in [0.1, 0.15) is 6.04 Å². The minimum absolute atomic E-state index is 0.0325. The van der Waals surface area contributed by atoms with Gasteiger partial charge in [-0.3, -0.25) is 5.32 Å². The quantitative estimate of drug-likeness (QED) is 0.604. The van der Waals surface area contributed by atoms with E-state index < -0.39 is 18.0 Å². The van der Waals surface area contributed by atoms with Gasteiger partial charge in [-0.25, -0.2) is 14.6 Å². The molecule has 17 heavy (non-hydrogen) atoms. The molecule has 1 aromatic heterocycles. The monoisotopic (exact) mass is 235 g/mol. The summed E-state index contributed by atoms with van der Waals surface area (Å²) in [6.45, 7) is 0. The number of rotatable bonds is 4. The number of amides is 2. The van der Waals surface area contributed by atoms with Crippen LogP contribution in [0.25, 0.3) is 0 Å². The summed E-state index contributed by atoms with van der Waals surface area (Å²) in [6.07, 6.45) is 7.53. The molecule has 2 amide bonds. The number of nitrogens with one attached hydrogen (secondary N) is 2. The van der Waals surface area contributed by atoms with E-state index in [1.165, 1.54) is 12.4 Å². The maximum atomic E-state index is 11.3. The minimum Gasteiger partial charge on any atom is -0.480 e. The third kappa shape index (κ3) is 4.13.